The van der Waals surface area contributed by atoms with E-state index in [4.69, 9.17) is 5.73 Å². The van der Waals surface area contributed by atoms with Crippen LogP contribution in [0.25, 0.3) is 16.7 Å². The van der Waals surface area contributed by atoms with Crippen LogP contribution < -0.4 is 11.3 Å². The second kappa shape index (κ2) is 6.60. The van der Waals surface area contributed by atoms with Crippen LogP contribution in [0.1, 0.15) is 11.8 Å². The largest absolute Gasteiger partial charge is 0.375 e. The second-order valence-electron chi connectivity index (χ2n) is 5.12. The van der Waals surface area contributed by atoms with E-state index in [0.29, 0.717) is 34.0 Å². The third-order valence-electron chi connectivity index (χ3n) is 3.59. The number of allylic oxidation sites excluding steroid dienone is 1. The van der Waals surface area contributed by atoms with Crippen molar-refractivity contribution in [1.82, 2.24) is 19.3 Å². The molecule has 0 aliphatic rings. The molecule has 0 saturated heterocycles. The predicted octanol–water partition coefficient (Wildman–Crippen LogP) is 1.44. The molecule has 1 aromatic carbocycles. The first-order chi connectivity index (χ1) is 11.6. The van der Waals surface area contributed by atoms with E-state index in [0.717, 1.165) is 0 Å². The van der Waals surface area contributed by atoms with Crippen molar-refractivity contribution in [2.45, 2.75) is 17.9 Å². The normalized spacial score (nSPS) is 12.5. The van der Waals surface area contributed by atoms with E-state index in [2.05, 4.69) is 16.5 Å². The number of aliphatic hydroxyl groups excluding tert-OH is 1. The molecular formula is C16H17N5O2S. The van der Waals surface area contributed by atoms with Crippen LogP contribution in [0.4, 0.5) is 0 Å². The third-order valence-corrected chi connectivity index (χ3v) is 4.16. The van der Waals surface area contributed by atoms with E-state index in [1.807, 2.05) is 12.3 Å². The van der Waals surface area contributed by atoms with Crippen molar-refractivity contribution in [3.63, 3.8) is 0 Å². The summed E-state index contributed by atoms with van der Waals surface area (Å²) in [4.78, 5) is 21.3. The summed E-state index contributed by atoms with van der Waals surface area (Å²) in [5.74, 6) is 0. The zero-order valence-corrected chi connectivity index (χ0v) is 13.9. The van der Waals surface area contributed by atoms with Crippen molar-refractivity contribution < 1.29 is 5.11 Å². The average Bonchev–Trinajstić information content (AvgIpc) is 2.87. The van der Waals surface area contributed by atoms with Gasteiger partial charge in [-0.25, -0.2) is 19.3 Å². The minimum Gasteiger partial charge on any atom is -0.375 e. The minimum absolute atomic E-state index is 0.198. The summed E-state index contributed by atoms with van der Waals surface area (Å²) in [5.41, 5.74) is 7.08. The number of nitrogens with zero attached hydrogens (tertiary/aromatic N) is 4. The number of aliphatic hydroxyl groups is 1. The lowest BCUT2D eigenvalue weighted by Gasteiger charge is -2.13. The summed E-state index contributed by atoms with van der Waals surface area (Å²) < 4.78 is 3.23. The van der Waals surface area contributed by atoms with Crippen LogP contribution in [0.2, 0.25) is 0 Å². The highest BCUT2D eigenvalue weighted by Crippen LogP contribution is 2.20. The summed E-state index contributed by atoms with van der Waals surface area (Å²) in [7, 11) is 0. The Balaban J connectivity index is 2.36. The lowest BCUT2D eigenvalue weighted by Crippen LogP contribution is -2.21. The number of nitrogens with two attached hydrogens (primary N) is 1. The highest BCUT2D eigenvalue weighted by molar-refractivity contribution is 7.98. The van der Waals surface area contributed by atoms with Gasteiger partial charge in [-0.3, -0.25) is 4.79 Å². The Labute approximate surface area is 142 Å². The van der Waals surface area contributed by atoms with Crippen molar-refractivity contribution >= 4 is 22.8 Å². The zero-order chi connectivity index (χ0) is 17.3. The Bertz CT molecular complexity index is 961. The molecule has 0 spiro atoms. The quantitative estimate of drug-likeness (QED) is 0.315. The van der Waals surface area contributed by atoms with E-state index in [1.54, 1.807) is 29.0 Å². The van der Waals surface area contributed by atoms with Crippen LogP contribution >= 0.6 is 11.8 Å². The summed E-state index contributed by atoms with van der Waals surface area (Å²) in [5, 5.41) is 10.6. The van der Waals surface area contributed by atoms with Crippen LogP contribution in [-0.2, 0) is 6.54 Å². The molecule has 2 heterocycles. The third kappa shape index (κ3) is 2.75. The fourth-order valence-electron chi connectivity index (χ4n) is 2.50. The van der Waals surface area contributed by atoms with E-state index in [1.165, 1.54) is 22.6 Å². The van der Waals surface area contributed by atoms with Crippen molar-refractivity contribution in [1.29, 1.82) is 0 Å². The molecule has 8 heteroatoms. The SMILES string of the molecule is C=CCn1c(=O)c2cnc(SC)nc2n1-c1cccc(C(N)O)c1. The van der Waals surface area contributed by atoms with Crippen molar-refractivity contribution in [2.24, 2.45) is 5.73 Å². The molecule has 2 aromatic heterocycles. The van der Waals surface area contributed by atoms with Gasteiger partial charge in [0, 0.05) is 6.20 Å². The van der Waals surface area contributed by atoms with Crippen LogP contribution in [0, 0.1) is 0 Å². The van der Waals surface area contributed by atoms with Crippen LogP contribution in [-0.4, -0.2) is 30.7 Å². The maximum atomic E-state index is 12.7. The highest BCUT2D eigenvalue weighted by atomic mass is 32.2. The van der Waals surface area contributed by atoms with Crippen LogP contribution in [0.15, 0.2) is 53.1 Å². The van der Waals surface area contributed by atoms with Gasteiger partial charge in [-0.05, 0) is 24.0 Å². The van der Waals surface area contributed by atoms with Gasteiger partial charge in [0.05, 0.1) is 12.2 Å². The Kier molecular flexibility index (Phi) is 4.52. The standard InChI is InChI=1S/C16H17N5O2S/c1-3-7-20-15(23)12-9-18-16(24-2)19-14(12)21(20)11-6-4-5-10(8-11)13(17)22/h3-6,8-9,13,22H,1,7,17H2,2H3. The molecule has 7 nitrogen and oxygen atoms in total. The lowest BCUT2D eigenvalue weighted by atomic mass is 10.2. The molecule has 3 aromatic rings. The fraction of sp³-hybridized carbons (Fsp3) is 0.188. The van der Waals surface area contributed by atoms with Crippen LogP contribution in [0.3, 0.4) is 0 Å². The van der Waals surface area contributed by atoms with Gasteiger partial charge in [0.15, 0.2) is 10.8 Å². The predicted molar refractivity (Wildman–Crippen MR) is 94.3 cm³/mol. The van der Waals surface area contributed by atoms with Gasteiger partial charge in [-0.15, -0.1) is 6.58 Å². The zero-order valence-electron chi connectivity index (χ0n) is 13.1. The molecule has 0 aliphatic carbocycles. The fourth-order valence-corrected chi connectivity index (χ4v) is 2.84. The number of benzene rings is 1. The number of rotatable bonds is 5. The Morgan fingerprint density at radius 3 is 2.96 bits per heavy atom. The smallest absolute Gasteiger partial charge is 0.278 e. The Hall–Kier alpha value is -2.42. The van der Waals surface area contributed by atoms with Gasteiger partial charge in [-0.2, -0.15) is 0 Å². The topological polar surface area (TPSA) is 99.0 Å². The maximum absolute atomic E-state index is 12.7. The molecule has 124 valence electrons. The van der Waals surface area contributed by atoms with E-state index in [-0.39, 0.29) is 5.56 Å². The monoisotopic (exact) mass is 343 g/mol. The van der Waals surface area contributed by atoms with Gasteiger partial charge >= 0.3 is 0 Å². The highest BCUT2D eigenvalue weighted by Gasteiger charge is 2.17. The van der Waals surface area contributed by atoms with Gasteiger partial charge in [-0.1, -0.05) is 30.0 Å². The summed E-state index contributed by atoms with van der Waals surface area (Å²) in [6.07, 6.45) is 3.95. The van der Waals surface area contributed by atoms with Crippen molar-refractivity contribution in [3.05, 3.63) is 59.0 Å². The van der Waals surface area contributed by atoms with Crippen molar-refractivity contribution in [3.8, 4) is 5.69 Å². The first-order valence-electron chi connectivity index (χ1n) is 7.24. The van der Waals surface area contributed by atoms with Gasteiger partial charge in [0.1, 0.15) is 11.6 Å². The summed E-state index contributed by atoms with van der Waals surface area (Å²) in [6, 6.07) is 7.04. The number of hydrogen-bond donors (Lipinski definition) is 2. The number of thioether (sulfide) groups is 1. The second-order valence-corrected chi connectivity index (χ2v) is 5.89. The summed E-state index contributed by atoms with van der Waals surface area (Å²) >= 11 is 1.40. The molecule has 0 bridgehead atoms. The number of fused-ring (bicyclic) bond motifs is 1. The number of aromatic nitrogens is 4. The van der Waals surface area contributed by atoms with E-state index < -0.39 is 6.23 Å². The molecule has 3 rings (SSSR count). The molecule has 3 N–H and O–H groups in total. The van der Waals surface area contributed by atoms with E-state index in [9.17, 15) is 9.90 Å². The first-order valence-corrected chi connectivity index (χ1v) is 8.46. The van der Waals surface area contributed by atoms with Gasteiger partial charge < -0.3 is 10.8 Å². The molecule has 0 aliphatic heterocycles. The maximum Gasteiger partial charge on any atom is 0.278 e. The van der Waals surface area contributed by atoms with E-state index >= 15 is 0 Å². The van der Waals surface area contributed by atoms with Gasteiger partial charge in [0.2, 0.25) is 0 Å². The average molecular weight is 343 g/mol. The molecular weight excluding hydrogens is 326 g/mol. The molecule has 24 heavy (non-hydrogen) atoms. The minimum atomic E-state index is -1.09. The molecule has 0 amide bonds. The van der Waals surface area contributed by atoms with Crippen molar-refractivity contribution in [2.75, 3.05) is 6.26 Å². The Morgan fingerprint density at radius 2 is 2.29 bits per heavy atom. The molecule has 0 saturated carbocycles. The molecule has 1 unspecified atom stereocenters. The Morgan fingerprint density at radius 1 is 1.50 bits per heavy atom. The van der Waals surface area contributed by atoms with Crippen LogP contribution in [0.5, 0.6) is 0 Å². The number of hydrogen-bond acceptors (Lipinski definition) is 6. The van der Waals surface area contributed by atoms with Gasteiger partial charge in [0.25, 0.3) is 5.56 Å². The first kappa shape index (κ1) is 16.4. The molecule has 0 fully saturated rings. The molecule has 1 atom stereocenters. The summed E-state index contributed by atoms with van der Waals surface area (Å²) in [6.45, 7) is 4.03. The molecule has 0 radical (unpaired) electrons. The lowest BCUT2D eigenvalue weighted by molar-refractivity contribution is 0.186.